The van der Waals surface area contributed by atoms with Crippen LogP contribution < -0.4 is 10.6 Å². The molecule has 0 saturated carbocycles. The number of amides is 1. The van der Waals surface area contributed by atoms with Gasteiger partial charge in [0.25, 0.3) is 0 Å². The summed E-state index contributed by atoms with van der Waals surface area (Å²) < 4.78 is 12.9. The van der Waals surface area contributed by atoms with E-state index in [0.717, 1.165) is 5.56 Å². The molecule has 0 radical (unpaired) electrons. The lowest BCUT2D eigenvalue weighted by molar-refractivity contribution is -0.116. The van der Waals surface area contributed by atoms with Gasteiger partial charge in [-0.2, -0.15) is 0 Å². The van der Waals surface area contributed by atoms with Crippen LogP contribution in [0.2, 0.25) is 0 Å². The summed E-state index contributed by atoms with van der Waals surface area (Å²) in [4.78, 5) is 15.7. The average molecular weight is 273 g/mol. The molecule has 0 aliphatic carbocycles. The van der Waals surface area contributed by atoms with Crippen LogP contribution in [0.1, 0.15) is 12.0 Å². The maximum atomic E-state index is 12.9. The fraction of sp³-hybridized carbons (Fsp3) is 0.200. The van der Waals surface area contributed by atoms with Crippen LogP contribution in [0.3, 0.4) is 0 Å². The molecule has 20 heavy (non-hydrogen) atoms. The van der Waals surface area contributed by atoms with Gasteiger partial charge in [-0.25, -0.2) is 4.39 Å². The van der Waals surface area contributed by atoms with Crippen LogP contribution in [0, 0.1) is 5.82 Å². The lowest BCUT2D eigenvalue weighted by Crippen LogP contribution is -2.21. The molecule has 0 unspecified atom stereocenters. The smallest absolute Gasteiger partial charge is 0.225 e. The Morgan fingerprint density at radius 3 is 2.90 bits per heavy atom. The lowest BCUT2D eigenvalue weighted by Gasteiger charge is -2.06. The van der Waals surface area contributed by atoms with Gasteiger partial charge in [0.2, 0.25) is 5.91 Å². The summed E-state index contributed by atoms with van der Waals surface area (Å²) in [6, 6.07) is 9.68. The van der Waals surface area contributed by atoms with E-state index in [2.05, 4.69) is 15.6 Å². The zero-order chi connectivity index (χ0) is 14.2. The van der Waals surface area contributed by atoms with Crippen molar-refractivity contribution in [2.45, 2.75) is 13.0 Å². The first-order chi connectivity index (χ1) is 9.74. The highest BCUT2D eigenvalue weighted by molar-refractivity contribution is 5.90. The van der Waals surface area contributed by atoms with Gasteiger partial charge in [-0.15, -0.1) is 0 Å². The Morgan fingerprint density at radius 1 is 1.25 bits per heavy atom. The summed E-state index contributed by atoms with van der Waals surface area (Å²) >= 11 is 0. The molecule has 4 nitrogen and oxygen atoms in total. The number of hydrogen-bond donors (Lipinski definition) is 2. The maximum Gasteiger partial charge on any atom is 0.225 e. The van der Waals surface area contributed by atoms with Gasteiger partial charge in [-0.05, 0) is 29.8 Å². The molecule has 1 amide bonds. The molecular formula is C15H16FN3O. The highest BCUT2D eigenvalue weighted by Gasteiger charge is 2.02. The second-order valence-corrected chi connectivity index (χ2v) is 4.35. The first kappa shape index (κ1) is 14.1. The minimum Gasteiger partial charge on any atom is -0.326 e. The first-order valence-corrected chi connectivity index (χ1v) is 6.39. The van der Waals surface area contributed by atoms with Gasteiger partial charge >= 0.3 is 0 Å². The van der Waals surface area contributed by atoms with Crippen LogP contribution in [-0.4, -0.2) is 17.4 Å². The number of carbonyl (C=O) groups is 1. The van der Waals surface area contributed by atoms with Gasteiger partial charge in [0.1, 0.15) is 5.82 Å². The van der Waals surface area contributed by atoms with Crippen molar-refractivity contribution in [1.82, 2.24) is 10.3 Å². The molecule has 0 fully saturated rings. The van der Waals surface area contributed by atoms with Crippen LogP contribution >= 0.6 is 0 Å². The number of rotatable bonds is 6. The Kier molecular flexibility index (Phi) is 5.20. The summed E-state index contributed by atoms with van der Waals surface area (Å²) in [5, 5.41) is 5.80. The maximum absolute atomic E-state index is 12.9. The second-order valence-electron chi connectivity index (χ2n) is 4.35. The predicted molar refractivity (Wildman–Crippen MR) is 75.6 cm³/mol. The van der Waals surface area contributed by atoms with Gasteiger partial charge in [0.15, 0.2) is 0 Å². The number of carbonyl (C=O) groups excluding carboxylic acids is 1. The molecule has 0 spiro atoms. The van der Waals surface area contributed by atoms with Crippen molar-refractivity contribution in [3.63, 3.8) is 0 Å². The zero-order valence-electron chi connectivity index (χ0n) is 11.0. The SMILES string of the molecule is O=C(CCNCc1cccnc1)Nc1cccc(F)c1. The van der Waals surface area contributed by atoms with Crippen molar-refractivity contribution in [3.05, 3.63) is 60.2 Å². The molecule has 0 aliphatic rings. The Hall–Kier alpha value is -2.27. The number of aromatic nitrogens is 1. The van der Waals surface area contributed by atoms with Crippen molar-refractivity contribution in [1.29, 1.82) is 0 Å². The van der Waals surface area contributed by atoms with Crippen LogP contribution in [0.25, 0.3) is 0 Å². The molecule has 2 N–H and O–H groups in total. The number of benzene rings is 1. The standard InChI is InChI=1S/C15H16FN3O/c16-13-4-1-5-14(9-13)19-15(20)6-8-18-11-12-3-2-7-17-10-12/h1-5,7,9-10,18H,6,8,11H2,(H,19,20). The fourth-order valence-electron chi connectivity index (χ4n) is 1.73. The van der Waals surface area contributed by atoms with Crippen LogP contribution in [-0.2, 0) is 11.3 Å². The highest BCUT2D eigenvalue weighted by atomic mass is 19.1. The normalized spacial score (nSPS) is 10.2. The minimum atomic E-state index is -0.363. The van der Waals surface area contributed by atoms with E-state index in [1.54, 1.807) is 24.5 Å². The summed E-state index contributed by atoms with van der Waals surface area (Å²) in [6.45, 7) is 1.22. The summed E-state index contributed by atoms with van der Waals surface area (Å²) in [5.41, 5.74) is 1.54. The van der Waals surface area contributed by atoms with Gasteiger partial charge < -0.3 is 10.6 Å². The summed E-state index contributed by atoms with van der Waals surface area (Å²) in [5.74, 6) is -0.508. The van der Waals surface area contributed by atoms with E-state index in [4.69, 9.17) is 0 Å². The lowest BCUT2D eigenvalue weighted by atomic mass is 10.2. The Bertz CT molecular complexity index is 560. The van der Waals surface area contributed by atoms with Gasteiger partial charge in [0.05, 0.1) is 0 Å². The summed E-state index contributed by atoms with van der Waals surface area (Å²) in [6.07, 6.45) is 3.83. The molecule has 2 aromatic rings. The van der Waals surface area contributed by atoms with E-state index in [1.807, 2.05) is 12.1 Å². The third-order valence-electron chi connectivity index (χ3n) is 2.69. The Morgan fingerprint density at radius 2 is 2.15 bits per heavy atom. The van der Waals surface area contributed by atoms with Crippen LogP contribution in [0.5, 0.6) is 0 Å². The molecule has 1 aromatic heterocycles. The molecule has 0 bridgehead atoms. The molecule has 1 heterocycles. The molecule has 0 aliphatic heterocycles. The van der Waals surface area contributed by atoms with E-state index >= 15 is 0 Å². The predicted octanol–water partition coefficient (Wildman–Crippen LogP) is 2.34. The summed E-state index contributed by atoms with van der Waals surface area (Å²) in [7, 11) is 0. The van der Waals surface area contributed by atoms with Crippen LogP contribution in [0.4, 0.5) is 10.1 Å². The van der Waals surface area contributed by atoms with Crippen molar-refractivity contribution in [3.8, 4) is 0 Å². The second kappa shape index (κ2) is 7.35. The van der Waals surface area contributed by atoms with E-state index in [0.29, 0.717) is 25.2 Å². The van der Waals surface area contributed by atoms with Crippen molar-refractivity contribution in [2.75, 3.05) is 11.9 Å². The average Bonchev–Trinajstić information content (AvgIpc) is 2.45. The molecule has 0 atom stereocenters. The molecule has 104 valence electrons. The molecule has 5 heteroatoms. The highest BCUT2D eigenvalue weighted by Crippen LogP contribution is 2.09. The van der Waals surface area contributed by atoms with Crippen molar-refractivity contribution < 1.29 is 9.18 Å². The molecular weight excluding hydrogens is 257 g/mol. The van der Waals surface area contributed by atoms with Gasteiger partial charge in [-0.1, -0.05) is 12.1 Å². The zero-order valence-corrected chi connectivity index (χ0v) is 11.0. The van der Waals surface area contributed by atoms with Crippen molar-refractivity contribution in [2.24, 2.45) is 0 Å². The number of pyridine rings is 1. The van der Waals surface area contributed by atoms with E-state index in [9.17, 15) is 9.18 Å². The van der Waals surface area contributed by atoms with E-state index < -0.39 is 0 Å². The van der Waals surface area contributed by atoms with Gasteiger partial charge in [0, 0.05) is 37.6 Å². The largest absolute Gasteiger partial charge is 0.326 e. The number of hydrogen-bond acceptors (Lipinski definition) is 3. The topological polar surface area (TPSA) is 54.0 Å². The molecule has 0 saturated heterocycles. The van der Waals surface area contributed by atoms with E-state index in [1.165, 1.54) is 12.1 Å². The Labute approximate surface area is 117 Å². The monoisotopic (exact) mass is 273 g/mol. The minimum absolute atomic E-state index is 0.144. The molecule has 2 rings (SSSR count). The number of anilines is 1. The van der Waals surface area contributed by atoms with Crippen LogP contribution in [0.15, 0.2) is 48.8 Å². The quantitative estimate of drug-likeness (QED) is 0.794. The fourth-order valence-corrected chi connectivity index (χ4v) is 1.73. The third kappa shape index (κ3) is 4.78. The number of halogens is 1. The van der Waals surface area contributed by atoms with Gasteiger partial charge in [-0.3, -0.25) is 9.78 Å². The Balaban J connectivity index is 1.68. The third-order valence-corrected chi connectivity index (χ3v) is 2.69. The van der Waals surface area contributed by atoms with Crippen molar-refractivity contribution >= 4 is 11.6 Å². The molecule has 1 aromatic carbocycles. The first-order valence-electron chi connectivity index (χ1n) is 6.39. The number of nitrogens with zero attached hydrogens (tertiary/aromatic N) is 1. The number of nitrogens with one attached hydrogen (secondary N) is 2. The van der Waals surface area contributed by atoms with E-state index in [-0.39, 0.29) is 11.7 Å².